The van der Waals surface area contributed by atoms with Crippen LogP contribution in [0.1, 0.15) is 33.4 Å². The van der Waals surface area contributed by atoms with Crippen LogP contribution < -0.4 is 0 Å². The van der Waals surface area contributed by atoms with Gasteiger partial charge in [0.2, 0.25) is 0 Å². The maximum absolute atomic E-state index is 10.3. The fourth-order valence-electron chi connectivity index (χ4n) is 3.06. The van der Waals surface area contributed by atoms with Crippen molar-refractivity contribution in [3.05, 3.63) is 30.1 Å². The first kappa shape index (κ1) is 11.6. The molecule has 2 nitrogen and oxygen atoms in total. The van der Waals surface area contributed by atoms with Crippen molar-refractivity contribution in [2.45, 2.75) is 40.2 Å². The lowest BCUT2D eigenvalue weighted by atomic mass is 10.0. The Morgan fingerprint density at radius 1 is 1.25 bits per heavy atom. The summed E-state index contributed by atoms with van der Waals surface area (Å²) < 4.78 is 0. The summed E-state index contributed by atoms with van der Waals surface area (Å²) in [5.41, 5.74) is 1.45. The minimum absolute atomic E-state index is 0.237. The Kier molecular flexibility index (Phi) is 2.58. The molecule has 0 spiro atoms. The van der Waals surface area contributed by atoms with Crippen molar-refractivity contribution in [2.75, 3.05) is 0 Å². The van der Waals surface area contributed by atoms with E-state index in [2.05, 4.69) is 32.7 Å². The molecule has 2 heteroatoms. The summed E-state index contributed by atoms with van der Waals surface area (Å²) in [7, 11) is 0. The Morgan fingerprint density at radius 3 is 2.31 bits per heavy atom. The molecule has 1 aromatic heterocycles. The number of aromatic nitrogens is 1. The third-order valence-electron chi connectivity index (χ3n) is 4.66. The fraction of sp³-hybridized carbons (Fsp3) is 0.643. The second kappa shape index (κ2) is 3.56. The molecule has 1 unspecified atom stereocenters. The van der Waals surface area contributed by atoms with Crippen molar-refractivity contribution in [1.29, 1.82) is 0 Å². The van der Waals surface area contributed by atoms with Crippen LogP contribution in [0.4, 0.5) is 0 Å². The van der Waals surface area contributed by atoms with Crippen molar-refractivity contribution in [2.24, 2.45) is 16.7 Å². The Hall–Kier alpha value is -0.890. The number of hydrogen-bond acceptors (Lipinski definition) is 2. The third kappa shape index (κ3) is 1.65. The van der Waals surface area contributed by atoms with Gasteiger partial charge in [-0.3, -0.25) is 4.98 Å². The van der Waals surface area contributed by atoms with Gasteiger partial charge in [-0.05, 0) is 28.9 Å². The van der Waals surface area contributed by atoms with E-state index in [-0.39, 0.29) is 16.9 Å². The molecule has 1 aromatic rings. The molecule has 0 aliphatic heterocycles. The Labute approximate surface area is 97.7 Å². The van der Waals surface area contributed by atoms with E-state index in [0.717, 1.165) is 5.69 Å². The van der Waals surface area contributed by atoms with Gasteiger partial charge in [-0.2, -0.15) is 0 Å². The lowest BCUT2D eigenvalue weighted by Gasteiger charge is -2.11. The molecule has 0 saturated heterocycles. The molecule has 1 aliphatic rings. The maximum atomic E-state index is 10.3. The Bertz CT molecular complexity index is 356. The molecule has 1 aliphatic carbocycles. The van der Waals surface area contributed by atoms with E-state index in [9.17, 15) is 5.11 Å². The van der Waals surface area contributed by atoms with Gasteiger partial charge in [0.25, 0.3) is 0 Å². The van der Waals surface area contributed by atoms with E-state index < -0.39 is 0 Å². The minimum atomic E-state index is -0.278. The van der Waals surface area contributed by atoms with Gasteiger partial charge in [0.05, 0.1) is 6.10 Å². The van der Waals surface area contributed by atoms with E-state index in [1.54, 1.807) is 6.20 Å². The minimum Gasteiger partial charge on any atom is -0.392 e. The van der Waals surface area contributed by atoms with Crippen molar-refractivity contribution in [3.63, 3.8) is 0 Å². The van der Waals surface area contributed by atoms with Crippen molar-refractivity contribution in [1.82, 2.24) is 4.98 Å². The largest absolute Gasteiger partial charge is 0.392 e. The van der Waals surface area contributed by atoms with Gasteiger partial charge in [0.15, 0.2) is 0 Å². The van der Waals surface area contributed by atoms with Gasteiger partial charge in [0.1, 0.15) is 0 Å². The van der Waals surface area contributed by atoms with Crippen LogP contribution in [-0.4, -0.2) is 16.2 Å². The summed E-state index contributed by atoms with van der Waals surface area (Å²) in [5.74, 6) is 0.377. The van der Waals surface area contributed by atoms with Gasteiger partial charge in [-0.1, -0.05) is 33.8 Å². The predicted molar refractivity (Wildman–Crippen MR) is 65.0 cm³/mol. The first-order valence-electron chi connectivity index (χ1n) is 5.95. The molecule has 1 saturated carbocycles. The van der Waals surface area contributed by atoms with Crippen LogP contribution in [0.5, 0.6) is 0 Å². The fourth-order valence-corrected chi connectivity index (χ4v) is 3.06. The number of aliphatic hydroxyl groups is 1. The molecule has 16 heavy (non-hydrogen) atoms. The number of pyridine rings is 1. The topological polar surface area (TPSA) is 33.1 Å². The second-order valence-electron chi connectivity index (χ2n) is 6.01. The van der Waals surface area contributed by atoms with Crippen molar-refractivity contribution in [3.8, 4) is 0 Å². The lowest BCUT2D eigenvalue weighted by molar-refractivity contribution is 0.128. The van der Waals surface area contributed by atoms with Crippen LogP contribution in [0.2, 0.25) is 0 Å². The van der Waals surface area contributed by atoms with E-state index in [1.807, 2.05) is 18.2 Å². The summed E-state index contributed by atoms with van der Waals surface area (Å²) in [6.45, 7) is 8.94. The average molecular weight is 219 g/mol. The summed E-state index contributed by atoms with van der Waals surface area (Å²) in [5, 5.41) is 10.3. The number of aliphatic hydroxyl groups excluding tert-OH is 1. The van der Waals surface area contributed by atoms with Gasteiger partial charge in [-0.15, -0.1) is 0 Å². The summed E-state index contributed by atoms with van der Waals surface area (Å²) >= 11 is 0. The number of hydrogen-bond donors (Lipinski definition) is 1. The molecule has 2 rings (SSSR count). The summed E-state index contributed by atoms with van der Waals surface area (Å²) in [6.07, 6.45) is 2.17. The summed E-state index contributed by atoms with van der Waals surface area (Å²) in [6, 6.07) is 5.85. The molecule has 0 aromatic carbocycles. The molecule has 1 heterocycles. The standard InChI is InChI=1S/C14H21NO/c1-13(2)12(14(13,3)4)11(16)9-10-7-5-6-8-15-10/h5-8,11-12,16H,9H2,1-4H3. The number of rotatable bonds is 3. The SMILES string of the molecule is CC1(C)C(C(O)Cc2ccccn2)C1(C)C. The average Bonchev–Trinajstić information content (AvgIpc) is 2.58. The van der Waals surface area contributed by atoms with Crippen LogP contribution in [0, 0.1) is 16.7 Å². The monoisotopic (exact) mass is 219 g/mol. The van der Waals surface area contributed by atoms with E-state index in [4.69, 9.17) is 0 Å². The van der Waals surface area contributed by atoms with E-state index in [1.165, 1.54) is 0 Å². The van der Waals surface area contributed by atoms with Crippen LogP contribution >= 0.6 is 0 Å². The quantitative estimate of drug-likeness (QED) is 0.848. The molecule has 1 atom stereocenters. The van der Waals surface area contributed by atoms with Gasteiger partial charge in [0, 0.05) is 18.3 Å². The number of nitrogens with zero attached hydrogens (tertiary/aromatic N) is 1. The molecule has 1 fully saturated rings. The molecular formula is C14H21NO. The zero-order chi connectivity index (χ0) is 12.0. The molecule has 0 radical (unpaired) electrons. The Balaban J connectivity index is 2.04. The van der Waals surface area contributed by atoms with E-state index in [0.29, 0.717) is 12.3 Å². The summed E-state index contributed by atoms with van der Waals surface area (Å²) in [4.78, 5) is 4.26. The third-order valence-corrected chi connectivity index (χ3v) is 4.66. The molecular weight excluding hydrogens is 198 g/mol. The first-order valence-corrected chi connectivity index (χ1v) is 5.95. The highest BCUT2D eigenvalue weighted by molar-refractivity contribution is 5.17. The highest BCUT2D eigenvalue weighted by Crippen LogP contribution is 2.69. The highest BCUT2D eigenvalue weighted by atomic mass is 16.3. The Morgan fingerprint density at radius 2 is 1.88 bits per heavy atom. The van der Waals surface area contributed by atoms with Crippen molar-refractivity contribution >= 4 is 0 Å². The first-order chi connectivity index (χ1) is 7.37. The van der Waals surface area contributed by atoms with Crippen LogP contribution in [0.25, 0.3) is 0 Å². The van der Waals surface area contributed by atoms with Crippen molar-refractivity contribution < 1.29 is 5.11 Å². The van der Waals surface area contributed by atoms with Gasteiger partial charge in [-0.25, -0.2) is 0 Å². The van der Waals surface area contributed by atoms with Crippen LogP contribution in [-0.2, 0) is 6.42 Å². The molecule has 0 amide bonds. The molecule has 88 valence electrons. The van der Waals surface area contributed by atoms with Gasteiger partial charge < -0.3 is 5.11 Å². The zero-order valence-corrected chi connectivity index (χ0v) is 10.6. The normalized spacial score (nSPS) is 24.1. The second-order valence-corrected chi connectivity index (χ2v) is 6.01. The molecule has 0 bridgehead atoms. The predicted octanol–water partition coefficient (Wildman–Crippen LogP) is 2.67. The zero-order valence-electron chi connectivity index (χ0n) is 10.6. The van der Waals surface area contributed by atoms with Gasteiger partial charge >= 0.3 is 0 Å². The lowest BCUT2D eigenvalue weighted by Crippen LogP contribution is -2.18. The van der Waals surface area contributed by atoms with E-state index >= 15 is 0 Å². The van der Waals surface area contributed by atoms with Crippen LogP contribution in [0.3, 0.4) is 0 Å². The highest BCUT2D eigenvalue weighted by Gasteiger charge is 2.66. The maximum Gasteiger partial charge on any atom is 0.0634 e. The van der Waals surface area contributed by atoms with Crippen LogP contribution in [0.15, 0.2) is 24.4 Å². The molecule has 1 N–H and O–H groups in total. The smallest absolute Gasteiger partial charge is 0.0634 e.